The predicted octanol–water partition coefficient (Wildman–Crippen LogP) is 1.06. The third kappa shape index (κ3) is 5.46. The van der Waals surface area contributed by atoms with Crippen molar-refractivity contribution in [1.29, 1.82) is 0 Å². The smallest absolute Gasteiger partial charge is 0.328 e. The van der Waals surface area contributed by atoms with Crippen LogP contribution >= 0.6 is 11.6 Å². The Morgan fingerprint density at radius 1 is 1.45 bits per heavy atom. The number of halogens is 1. The van der Waals surface area contributed by atoms with Crippen molar-refractivity contribution < 1.29 is 24.5 Å². The van der Waals surface area contributed by atoms with Crippen molar-refractivity contribution in [1.82, 2.24) is 5.32 Å². The van der Waals surface area contributed by atoms with Crippen molar-refractivity contribution >= 4 is 23.5 Å². The summed E-state index contributed by atoms with van der Waals surface area (Å²) in [6.07, 6.45) is -1.20. The number of benzene rings is 1. The lowest BCUT2D eigenvalue weighted by Crippen LogP contribution is -2.47. The molecule has 0 aliphatic heterocycles. The van der Waals surface area contributed by atoms with Gasteiger partial charge in [-0.05, 0) is 25.1 Å². The monoisotopic (exact) mass is 301 g/mol. The number of rotatable bonds is 7. The molecule has 0 spiro atoms. The lowest BCUT2D eigenvalue weighted by Gasteiger charge is -2.17. The van der Waals surface area contributed by atoms with Crippen molar-refractivity contribution in [3.63, 3.8) is 0 Å². The molecular weight excluding hydrogens is 286 g/mol. The molecule has 110 valence electrons. The van der Waals surface area contributed by atoms with E-state index in [1.807, 2.05) is 0 Å². The molecule has 1 rings (SSSR count). The fourth-order valence-corrected chi connectivity index (χ4v) is 1.63. The van der Waals surface area contributed by atoms with Gasteiger partial charge in [0.25, 0.3) is 0 Å². The Morgan fingerprint density at radius 2 is 2.15 bits per heavy atom. The summed E-state index contributed by atoms with van der Waals surface area (Å²) in [7, 11) is 0. The molecule has 20 heavy (non-hydrogen) atoms. The van der Waals surface area contributed by atoms with Crippen molar-refractivity contribution in [2.45, 2.75) is 25.5 Å². The summed E-state index contributed by atoms with van der Waals surface area (Å²) in [5.41, 5.74) is 0. The SMILES string of the molecule is C[C@@H](O)[C@H](NC(=O)CCOc1cccc(Cl)c1)C(=O)O. The third-order valence-electron chi connectivity index (χ3n) is 2.46. The number of hydrogen-bond donors (Lipinski definition) is 3. The zero-order valence-corrected chi connectivity index (χ0v) is 11.6. The average molecular weight is 302 g/mol. The van der Waals surface area contributed by atoms with Gasteiger partial charge in [0.05, 0.1) is 19.1 Å². The highest BCUT2D eigenvalue weighted by Gasteiger charge is 2.24. The number of carbonyl (C=O) groups excluding carboxylic acids is 1. The van der Waals surface area contributed by atoms with Crippen molar-refractivity contribution in [2.75, 3.05) is 6.61 Å². The predicted molar refractivity (Wildman–Crippen MR) is 72.8 cm³/mol. The molecule has 1 amide bonds. The van der Waals surface area contributed by atoms with Crippen LogP contribution in [-0.2, 0) is 9.59 Å². The van der Waals surface area contributed by atoms with Crippen LogP contribution < -0.4 is 10.1 Å². The molecule has 0 heterocycles. The zero-order chi connectivity index (χ0) is 15.1. The Bertz CT molecular complexity index is 478. The topological polar surface area (TPSA) is 95.9 Å². The van der Waals surface area contributed by atoms with Gasteiger partial charge >= 0.3 is 5.97 Å². The Kier molecular flexibility index (Phi) is 6.27. The first-order valence-corrected chi connectivity index (χ1v) is 6.36. The van der Waals surface area contributed by atoms with E-state index < -0.39 is 24.0 Å². The van der Waals surface area contributed by atoms with E-state index in [1.54, 1.807) is 24.3 Å². The van der Waals surface area contributed by atoms with Crippen LogP contribution in [-0.4, -0.2) is 40.8 Å². The molecule has 0 radical (unpaired) electrons. The number of aliphatic hydroxyl groups excluding tert-OH is 1. The quantitative estimate of drug-likeness (QED) is 0.700. The molecule has 2 atom stereocenters. The first-order valence-electron chi connectivity index (χ1n) is 5.98. The molecule has 0 aliphatic carbocycles. The van der Waals surface area contributed by atoms with Gasteiger partial charge < -0.3 is 20.3 Å². The van der Waals surface area contributed by atoms with Gasteiger partial charge in [-0.1, -0.05) is 17.7 Å². The highest BCUT2D eigenvalue weighted by Crippen LogP contribution is 2.17. The van der Waals surface area contributed by atoms with Gasteiger partial charge in [-0.25, -0.2) is 4.79 Å². The van der Waals surface area contributed by atoms with E-state index in [4.69, 9.17) is 21.4 Å². The number of hydrogen-bond acceptors (Lipinski definition) is 4. The van der Waals surface area contributed by atoms with Gasteiger partial charge in [0.15, 0.2) is 6.04 Å². The summed E-state index contributed by atoms with van der Waals surface area (Å²) in [6, 6.07) is 5.38. The molecule has 0 fully saturated rings. The van der Waals surface area contributed by atoms with Crippen LogP contribution in [0, 0.1) is 0 Å². The van der Waals surface area contributed by atoms with Crippen molar-refractivity contribution in [3.8, 4) is 5.75 Å². The van der Waals surface area contributed by atoms with E-state index in [0.29, 0.717) is 10.8 Å². The number of amides is 1. The Balaban J connectivity index is 2.38. The molecule has 7 heteroatoms. The number of aliphatic hydroxyl groups is 1. The highest BCUT2D eigenvalue weighted by molar-refractivity contribution is 6.30. The molecule has 6 nitrogen and oxygen atoms in total. The second-order valence-corrected chi connectivity index (χ2v) is 4.62. The minimum atomic E-state index is -1.33. The number of nitrogens with one attached hydrogen (secondary N) is 1. The molecule has 0 saturated carbocycles. The second-order valence-electron chi connectivity index (χ2n) is 4.18. The zero-order valence-electron chi connectivity index (χ0n) is 10.9. The molecule has 1 aromatic rings. The van der Waals surface area contributed by atoms with Crippen LogP contribution in [0.3, 0.4) is 0 Å². The Labute approximate surface area is 121 Å². The lowest BCUT2D eigenvalue weighted by molar-refractivity contribution is -0.144. The number of ether oxygens (including phenoxy) is 1. The maximum atomic E-state index is 11.5. The molecular formula is C13H16ClNO5. The average Bonchev–Trinajstić information content (AvgIpc) is 2.35. The van der Waals surface area contributed by atoms with Crippen LogP contribution in [0.4, 0.5) is 0 Å². The molecule has 0 aliphatic rings. The summed E-state index contributed by atoms with van der Waals surface area (Å²) < 4.78 is 5.30. The van der Waals surface area contributed by atoms with Gasteiger partial charge in [0.1, 0.15) is 5.75 Å². The van der Waals surface area contributed by atoms with Crippen LogP contribution in [0.5, 0.6) is 5.75 Å². The highest BCUT2D eigenvalue weighted by atomic mass is 35.5. The Morgan fingerprint density at radius 3 is 2.70 bits per heavy atom. The molecule has 1 aromatic carbocycles. The standard InChI is InChI=1S/C13H16ClNO5/c1-8(16)12(13(18)19)15-11(17)5-6-20-10-4-2-3-9(14)7-10/h2-4,7-8,12,16H,5-6H2,1H3,(H,15,17)(H,18,19)/t8-,12+/m1/s1. The van der Waals surface area contributed by atoms with E-state index in [0.717, 1.165) is 0 Å². The van der Waals surface area contributed by atoms with E-state index in [9.17, 15) is 14.7 Å². The maximum Gasteiger partial charge on any atom is 0.328 e. The van der Waals surface area contributed by atoms with E-state index in [2.05, 4.69) is 5.32 Å². The molecule has 0 aromatic heterocycles. The molecule has 0 saturated heterocycles. The third-order valence-corrected chi connectivity index (χ3v) is 2.69. The van der Waals surface area contributed by atoms with Gasteiger partial charge in [-0.3, -0.25) is 4.79 Å². The molecule has 0 bridgehead atoms. The summed E-state index contributed by atoms with van der Waals surface area (Å²) in [6.45, 7) is 1.37. The lowest BCUT2D eigenvalue weighted by atomic mass is 10.2. The summed E-state index contributed by atoms with van der Waals surface area (Å²) in [5, 5.41) is 20.8. The van der Waals surface area contributed by atoms with Gasteiger partial charge in [0, 0.05) is 5.02 Å². The summed E-state index contributed by atoms with van der Waals surface area (Å²) in [4.78, 5) is 22.3. The van der Waals surface area contributed by atoms with Crippen LogP contribution in [0.2, 0.25) is 5.02 Å². The van der Waals surface area contributed by atoms with Crippen LogP contribution in [0.1, 0.15) is 13.3 Å². The largest absolute Gasteiger partial charge is 0.493 e. The van der Waals surface area contributed by atoms with E-state index >= 15 is 0 Å². The Hall–Kier alpha value is -1.79. The minimum absolute atomic E-state index is 0.0248. The van der Waals surface area contributed by atoms with Gasteiger partial charge in [-0.15, -0.1) is 0 Å². The number of carbonyl (C=O) groups is 2. The van der Waals surface area contributed by atoms with Crippen LogP contribution in [0.25, 0.3) is 0 Å². The molecule has 3 N–H and O–H groups in total. The summed E-state index contributed by atoms with van der Waals surface area (Å²) in [5.74, 6) is -1.28. The minimum Gasteiger partial charge on any atom is -0.493 e. The second kappa shape index (κ2) is 7.72. The maximum absolute atomic E-state index is 11.5. The normalized spacial score (nSPS) is 13.3. The first kappa shape index (κ1) is 16.3. The summed E-state index contributed by atoms with van der Waals surface area (Å²) >= 11 is 5.77. The fraction of sp³-hybridized carbons (Fsp3) is 0.385. The number of aliphatic carboxylic acids is 1. The van der Waals surface area contributed by atoms with Gasteiger partial charge in [0.2, 0.25) is 5.91 Å². The van der Waals surface area contributed by atoms with Gasteiger partial charge in [-0.2, -0.15) is 0 Å². The van der Waals surface area contributed by atoms with Crippen molar-refractivity contribution in [2.24, 2.45) is 0 Å². The van der Waals surface area contributed by atoms with Crippen LogP contribution in [0.15, 0.2) is 24.3 Å². The number of carboxylic acid groups (broad SMARTS) is 1. The fourth-order valence-electron chi connectivity index (χ4n) is 1.45. The number of carboxylic acids is 1. The van der Waals surface area contributed by atoms with E-state index in [1.165, 1.54) is 6.92 Å². The first-order chi connectivity index (χ1) is 9.40. The molecule has 0 unspecified atom stereocenters. The van der Waals surface area contributed by atoms with E-state index in [-0.39, 0.29) is 13.0 Å². The van der Waals surface area contributed by atoms with Crippen molar-refractivity contribution in [3.05, 3.63) is 29.3 Å².